The Morgan fingerprint density at radius 1 is 1.20 bits per heavy atom. The second-order valence-electron chi connectivity index (χ2n) is 12.5. The first-order valence-corrected chi connectivity index (χ1v) is 15.4. The molecule has 8 bridgehead atoms. The van der Waals surface area contributed by atoms with E-state index in [4.69, 9.17) is 19.5 Å². The van der Waals surface area contributed by atoms with Crippen LogP contribution >= 0.6 is 0 Å². The highest BCUT2D eigenvalue weighted by atomic mass is 16.6. The van der Waals surface area contributed by atoms with Crippen molar-refractivity contribution in [3.8, 4) is 0 Å². The number of rotatable bonds is 6. The van der Waals surface area contributed by atoms with Crippen LogP contribution in [0.2, 0.25) is 0 Å². The fraction of sp³-hybridized carbons (Fsp3) is 0.400. The van der Waals surface area contributed by atoms with Crippen LogP contribution in [0, 0.1) is 31.6 Å². The largest absolute Gasteiger partial charge is 0.481 e. The van der Waals surface area contributed by atoms with Crippen molar-refractivity contribution in [1.29, 1.82) is 0 Å². The second-order valence-corrected chi connectivity index (χ2v) is 12.5. The third kappa shape index (κ3) is 3.94. The molecule has 10 nitrogen and oxygen atoms in total. The van der Waals surface area contributed by atoms with Crippen LogP contribution in [0.25, 0.3) is 11.6 Å². The molecule has 0 aromatic carbocycles. The molecule has 6 heterocycles. The topological polar surface area (TPSA) is 149 Å². The zero-order valence-corrected chi connectivity index (χ0v) is 26.3. The first-order valence-electron chi connectivity index (χ1n) is 15.4. The molecular weight excluding hydrogens is 572 g/mol. The summed E-state index contributed by atoms with van der Waals surface area (Å²) in [5.74, 6) is -3.72. The molecule has 1 fully saturated rings. The van der Waals surface area contributed by atoms with E-state index in [1.54, 1.807) is 6.08 Å². The van der Waals surface area contributed by atoms with Gasteiger partial charge in [-0.25, -0.2) is 4.99 Å². The Morgan fingerprint density at radius 2 is 1.96 bits per heavy atom. The standard InChI is InChI=1S/C35H36N4O6/c1-8-18-15(4)29-33-35(45-33)20(9-2)16(5)23(39-35)12-21-14(3)19(10-11-25(40)41)30(36-21)27-28(34(43)44-7)32(42)26-17(6)22(37-31(26)27)13-24(18)38-29/h9,12-14,19,28,33,37-38H,2,8,10-11H2,1,3-7H3,(H,40,41)/b21-12-,22-13-/t14-,19-,28+,33?,35?/m0/s1. The number of methoxy groups -OCH3 is 1. The molecule has 3 N–H and O–H groups in total. The molecule has 0 saturated carbocycles. The number of hydrogen-bond acceptors (Lipinski definition) is 7. The molecule has 45 heavy (non-hydrogen) atoms. The summed E-state index contributed by atoms with van der Waals surface area (Å²) in [4.78, 5) is 56.3. The van der Waals surface area contributed by atoms with Gasteiger partial charge in [0.25, 0.3) is 0 Å². The van der Waals surface area contributed by atoms with E-state index in [0.717, 1.165) is 51.0 Å². The molecule has 4 aliphatic heterocycles. The maximum atomic E-state index is 14.0. The minimum Gasteiger partial charge on any atom is -0.481 e. The van der Waals surface area contributed by atoms with Crippen molar-refractivity contribution >= 4 is 40.8 Å². The lowest BCUT2D eigenvalue weighted by Crippen LogP contribution is -2.31. The number of carbonyl (C=O) groups is 3. The summed E-state index contributed by atoms with van der Waals surface area (Å²) >= 11 is 0. The maximum absolute atomic E-state index is 14.0. The van der Waals surface area contributed by atoms with Crippen LogP contribution in [0.3, 0.4) is 0 Å². The van der Waals surface area contributed by atoms with Gasteiger partial charge < -0.3 is 24.5 Å². The molecule has 7 rings (SSSR count). The second kappa shape index (κ2) is 9.97. The third-order valence-corrected chi connectivity index (χ3v) is 10.3. The van der Waals surface area contributed by atoms with Gasteiger partial charge in [0.05, 0.1) is 29.6 Å². The number of carboxylic acids is 1. The normalized spacial score (nSPS) is 29.5. The van der Waals surface area contributed by atoms with Crippen molar-refractivity contribution in [2.24, 2.45) is 27.7 Å². The number of aliphatic carboxylic acids is 1. The molecule has 5 atom stereocenters. The molecule has 0 amide bonds. The van der Waals surface area contributed by atoms with Crippen molar-refractivity contribution in [1.82, 2.24) is 9.97 Å². The fourth-order valence-corrected chi connectivity index (χ4v) is 7.83. The lowest BCUT2D eigenvalue weighted by atomic mass is 9.81. The molecule has 2 aromatic heterocycles. The average molecular weight is 609 g/mol. The maximum Gasteiger partial charge on any atom is 0.321 e. The minimum absolute atomic E-state index is 0.0890. The SMILES string of the molecule is C=CC1=C(C)C2=NC13OC3c1[nH]c(c(CC)c1C)/C=c1\[nH]c3c(c1C)C(=O)[C@H](C(=O)OC)C=3C1=N/C(=C\2)[C@@H](C)[C@@H]1CCC(=O)O. The molecular formula is C35H36N4O6. The molecule has 2 unspecified atom stereocenters. The Balaban J connectivity index is 1.57. The quantitative estimate of drug-likeness (QED) is 0.259. The predicted molar refractivity (Wildman–Crippen MR) is 168 cm³/mol. The van der Waals surface area contributed by atoms with Crippen molar-refractivity contribution in [2.75, 3.05) is 7.11 Å². The lowest BCUT2D eigenvalue weighted by molar-refractivity contribution is -0.142. The first kappa shape index (κ1) is 29.2. The summed E-state index contributed by atoms with van der Waals surface area (Å²) in [5.41, 5.74) is 8.57. The number of fused-ring (bicyclic) bond motifs is 6. The van der Waals surface area contributed by atoms with Gasteiger partial charge in [0.15, 0.2) is 11.9 Å². The number of ether oxygens (including phenoxy) is 2. The number of ketones is 1. The van der Waals surface area contributed by atoms with E-state index >= 15 is 0 Å². The van der Waals surface area contributed by atoms with E-state index in [0.29, 0.717) is 33.6 Å². The summed E-state index contributed by atoms with van der Waals surface area (Å²) in [6.45, 7) is 14.1. The number of carboxylic acid groups (broad SMARTS) is 1. The van der Waals surface area contributed by atoms with Crippen LogP contribution in [0.1, 0.15) is 78.2 Å². The van der Waals surface area contributed by atoms with Crippen molar-refractivity contribution in [3.63, 3.8) is 0 Å². The van der Waals surface area contributed by atoms with E-state index < -0.39 is 23.6 Å². The van der Waals surface area contributed by atoms with Crippen LogP contribution in [-0.4, -0.2) is 57.1 Å². The van der Waals surface area contributed by atoms with Crippen LogP contribution in [0.4, 0.5) is 0 Å². The number of carbonyl (C=O) groups excluding carboxylic acids is 2. The van der Waals surface area contributed by atoms with Gasteiger partial charge in [-0.05, 0) is 68.0 Å². The van der Waals surface area contributed by atoms with E-state index in [-0.39, 0.29) is 36.6 Å². The van der Waals surface area contributed by atoms with Gasteiger partial charge in [-0.1, -0.05) is 26.5 Å². The van der Waals surface area contributed by atoms with Crippen LogP contribution in [0.15, 0.2) is 45.6 Å². The Hall–Kier alpha value is -4.57. The van der Waals surface area contributed by atoms with E-state index in [2.05, 4.69) is 30.4 Å². The molecule has 5 aliphatic rings. The number of hydrogen-bond donors (Lipinski definition) is 3. The highest BCUT2D eigenvalue weighted by Gasteiger charge is 2.64. The summed E-state index contributed by atoms with van der Waals surface area (Å²) in [5, 5.41) is 10.9. The molecule has 1 spiro atoms. The number of aromatic amines is 2. The Morgan fingerprint density at radius 3 is 2.62 bits per heavy atom. The smallest absolute Gasteiger partial charge is 0.321 e. The van der Waals surface area contributed by atoms with Crippen molar-refractivity contribution in [2.45, 2.75) is 65.7 Å². The Labute approximate surface area is 260 Å². The monoisotopic (exact) mass is 608 g/mol. The van der Waals surface area contributed by atoms with Gasteiger partial charge in [-0.15, -0.1) is 0 Å². The zero-order valence-electron chi connectivity index (χ0n) is 26.3. The molecule has 10 heteroatoms. The van der Waals surface area contributed by atoms with Crippen molar-refractivity contribution < 1.29 is 29.0 Å². The van der Waals surface area contributed by atoms with Gasteiger partial charge in [-0.3, -0.25) is 19.4 Å². The lowest BCUT2D eigenvalue weighted by Gasteiger charge is -2.20. The molecule has 1 aliphatic carbocycles. The summed E-state index contributed by atoms with van der Waals surface area (Å²) in [7, 11) is 1.27. The number of Topliss-reactive ketones (excluding diaryl/α,β-unsaturated/α-hetero) is 1. The highest BCUT2D eigenvalue weighted by molar-refractivity contribution is 6.35. The summed E-state index contributed by atoms with van der Waals surface area (Å²) in [6.07, 6.45) is 6.39. The van der Waals surface area contributed by atoms with E-state index in [9.17, 15) is 19.5 Å². The minimum atomic E-state index is -1.20. The summed E-state index contributed by atoms with van der Waals surface area (Å²) in [6, 6.07) is 0. The number of aliphatic imine (C=N–C) groups is 2. The summed E-state index contributed by atoms with van der Waals surface area (Å²) < 4.78 is 11.6. The Kier molecular flexibility index (Phi) is 6.46. The molecule has 2 aromatic rings. The number of nitrogens with zero attached hydrogens (tertiary/aromatic N) is 2. The fourth-order valence-electron chi connectivity index (χ4n) is 7.83. The van der Waals surface area contributed by atoms with Crippen LogP contribution in [-0.2, 0) is 25.5 Å². The number of H-pyrrole nitrogens is 2. The number of nitrogens with one attached hydrogen (secondary N) is 2. The zero-order chi connectivity index (χ0) is 32.1. The van der Waals surface area contributed by atoms with Gasteiger partial charge in [-0.2, -0.15) is 0 Å². The van der Waals surface area contributed by atoms with Crippen LogP contribution < -0.4 is 10.7 Å². The van der Waals surface area contributed by atoms with Crippen molar-refractivity contribution in [3.05, 3.63) is 79.9 Å². The average Bonchev–Trinajstić information content (AvgIpc) is 3.24. The van der Waals surface area contributed by atoms with Gasteiger partial charge in [0.2, 0.25) is 5.72 Å². The van der Waals surface area contributed by atoms with E-state index in [1.807, 2.05) is 32.9 Å². The third-order valence-electron chi connectivity index (χ3n) is 10.3. The van der Waals surface area contributed by atoms with Gasteiger partial charge in [0.1, 0.15) is 5.92 Å². The van der Waals surface area contributed by atoms with Gasteiger partial charge in [0, 0.05) is 51.7 Å². The van der Waals surface area contributed by atoms with Gasteiger partial charge >= 0.3 is 11.9 Å². The van der Waals surface area contributed by atoms with Crippen LogP contribution in [0.5, 0.6) is 0 Å². The highest BCUT2D eigenvalue weighted by Crippen LogP contribution is 2.59. The number of epoxide rings is 1. The van der Waals surface area contributed by atoms with E-state index in [1.165, 1.54) is 7.11 Å². The number of aromatic nitrogens is 2. The molecule has 232 valence electrons. The number of esters is 1. The predicted octanol–water partition coefficient (Wildman–Crippen LogP) is 3.68. The number of allylic oxidation sites excluding steroid dienone is 3. The molecule has 0 radical (unpaired) electrons. The molecule has 1 saturated heterocycles. The Bertz CT molecular complexity index is 2020. The first-order chi connectivity index (χ1) is 21.5.